The molecule has 0 aliphatic carbocycles. The maximum absolute atomic E-state index is 5.69. The van der Waals surface area contributed by atoms with E-state index in [-0.39, 0.29) is 0 Å². The molecule has 0 heterocycles. The van der Waals surface area contributed by atoms with Crippen LogP contribution in [-0.2, 0) is 11.3 Å². The minimum Gasteiger partial charge on any atom is -0.494 e. The lowest BCUT2D eigenvalue weighted by Crippen LogP contribution is -2.20. The van der Waals surface area contributed by atoms with Gasteiger partial charge in [0.1, 0.15) is 5.75 Å². The Morgan fingerprint density at radius 1 is 1.05 bits per heavy atom. The molecule has 0 amide bonds. The lowest BCUT2D eigenvalue weighted by Gasteiger charge is -2.09. The molecule has 1 aromatic rings. The number of nitrogens with one attached hydrogen (secondary N) is 1. The number of hydrogen-bond acceptors (Lipinski definition) is 3. The van der Waals surface area contributed by atoms with Gasteiger partial charge in [-0.05, 0) is 38.0 Å². The fourth-order valence-electron chi connectivity index (χ4n) is 1.85. The first-order chi connectivity index (χ1) is 9.72. The van der Waals surface area contributed by atoms with Gasteiger partial charge < -0.3 is 14.8 Å². The summed E-state index contributed by atoms with van der Waals surface area (Å²) in [5.74, 6) is 0.966. The molecule has 0 saturated heterocycles. The predicted octanol–water partition coefficient (Wildman–Crippen LogP) is 3.77. The second-order valence-electron chi connectivity index (χ2n) is 5.30. The first-order valence-electron chi connectivity index (χ1n) is 7.76. The van der Waals surface area contributed by atoms with Crippen molar-refractivity contribution in [2.45, 2.75) is 52.7 Å². The monoisotopic (exact) mass is 279 g/mol. The molecule has 114 valence electrons. The summed E-state index contributed by atoms with van der Waals surface area (Å²) in [5.41, 5.74) is 1.27. The van der Waals surface area contributed by atoms with Crippen molar-refractivity contribution in [3.63, 3.8) is 0 Å². The van der Waals surface area contributed by atoms with Gasteiger partial charge in [0.05, 0.1) is 19.3 Å². The first-order valence-corrected chi connectivity index (χ1v) is 7.76. The Morgan fingerprint density at radius 2 is 1.80 bits per heavy atom. The van der Waals surface area contributed by atoms with Crippen molar-refractivity contribution < 1.29 is 9.47 Å². The molecule has 0 aliphatic rings. The highest BCUT2D eigenvalue weighted by atomic mass is 16.5. The Morgan fingerprint density at radius 3 is 2.45 bits per heavy atom. The fourth-order valence-corrected chi connectivity index (χ4v) is 1.85. The Labute approximate surface area is 123 Å². The normalized spacial score (nSPS) is 11.0. The van der Waals surface area contributed by atoms with Crippen molar-refractivity contribution >= 4 is 0 Å². The number of unbranched alkanes of at least 4 members (excludes halogenated alkanes) is 2. The smallest absolute Gasteiger partial charge is 0.119 e. The minimum atomic E-state index is 0.306. The number of benzene rings is 1. The summed E-state index contributed by atoms with van der Waals surface area (Å²) in [7, 11) is 0. The summed E-state index contributed by atoms with van der Waals surface area (Å²) >= 11 is 0. The van der Waals surface area contributed by atoms with Crippen LogP contribution in [0.4, 0.5) is 0 Å². The number of hydrogen-bond donors (Lipinski definition) is 1. The largest absolute Gasteiger partial charge is 0.494 e. The summed E-state index contributed by atoms with van der Waals surface area (Å²) in [6.07, 6.45) is 3.91. The molecule has 0 aromatic heterocycles. The maximum Gasteiger partial charge on any atom is 0.119 e. The van der Waals surface area contributed by atoms with E-state index in [0.717, 1.165) is 38.5 Å². The van der Waals surface area contributed by atoms with Crippen LogP contribution < -0.4 is 10.1 Å². The number of rotatable bonds is 11. The summed E-state index contributed by atoms with van der Waals surface area (Å²) in [4.78, 5) is 0. The molecule has 1 aromatic carbocycles. The fraction of sp³-hybridized carbons (Fsp3) is 0.647. The van der Waals surface area contributed by atoms with E-state index in [1.807, 2.05) is 12.1 Å². The number of ether oxygens (including phenoxy) is 2. The van der Waals surface area contributed by atoms with Crippen LogP contribution >= 0.6 is 0 Å². The molecule has 0 radical (unpaired) electrons. The van der Waals surface area contributed by atoms with Gasteiger partial charge in [-0.2, -0.15) is 0 Å². The molecule has 1 N–H and O–H groups in total. The van der Waals surface area contributed by atoms with Gasteiger partial charge in [0, 0.05) is 13.1 Å². The average Bonchev–Trinajstić information content (AvgIpc) is 2.44. The highest BCUT2D eigenvalue weighted by Gasteiger charge is 1.97. The van der Waals surface area contributed by atoms with E-state index < -0.39 is 0 Å². The van der Waals surface area contributed by atoms with Crippen LogP contribution in [-0.4, -0.2) is 25.9 Å². The molecular formula is C17H29NO2. The van der Waals surface area contributed by atoms with Crippen LogP contribution in [0.5, 0.6) is 5.75 Å². The lowest BCUT2D eigenvalue weighted by atomic mass is 10.2. The summed E-state index contributed by atoms with van der Waals surface area (Å²) in [5, 5.41) is 3.37. The molecule has 0 saturated carbocycles. The van der Waals surface area contributed by atoms with Crippen LogP contribution in [0.2, 0.25) is 0 Å². The highest BCUT2D eigenvalue weighted by Crippen LogP contribution is 2.12. The van der Waals surface area contributed by atoms with Crippen molar-refractivity contribution in [3.05, 3.63) is 29.8 Å². The van der Waals surface area contributed by atoms with Crippen LogP contribution in [0.15, 0.2) is 24.3 Å². The third kappa shape index (κ3) is 8.18. The summed E-state index contributed by atoms with van der Waals surface area (Å²) < 4.78 is 11.2. The highest BCUT2D eigenvalue weighted by molar-refractivity contribution is 5.27. The Balaban J connectivity index is 2.15. The van der Waals surface area contributed by atoms with Gasteiger partial charge in [0.25, 0.3) is 0 Å². The van der Waals surface area contributed by atoms with E-state index in [4.69, 9.17) is 9.47 Å². The molecule has 0 spiro atoms. The van der Waals surface area contributed by atoms with Gasteiger partial charge in [0.2, 0.25) is 0 Å². The Bertz CT molecular complexity index is 335. The van der Waals surface area contributed by atoms with Gasteiger partial charge >= 0.3 is 0 Å². The first kappa shape index (κ1) is 17.0. The summed E-state index contributed by atoms with van der Waals surface area (Å²) in [6, 6.07) is 8.33. The lowest BCUT2D eigenvalue weighted by molar-refractivity contribution is 0.0807. The molecule has 0 atom stereocenters. The second kappa shape index (κ2) is 10.7. The third-order valence-corrected chi connectivity index (χ3v) is 3.00. The molecule has 1 rings (SSSR count). The zero-order valence-corrected chi connectivity index (χ0v) is 13.2. The van der Waals surface area contributed by atoms with Gasteiger partial charge in [-0.25, -0.2) is 0 Å². The predicted molar refractivity (Wildman–Crippen MR) is 84.3 cm³/mol. The third-order valence-electron chi connectivity index (χ3n) is 3.00. The van der Waals surface area contributed by atoms with Crippen LogP contribution in [0.1, 0.15) is 45.6 Å². The Kier molecular flexibility index (Phi) is 9.09. The van der Waals surface area contributed by atoms with E-state index in [1.165, 1.54) is 18.4 Å². The van der Waals surface area contributed by atoms with E-state index in [9.17, 15) is 0 Å². The van der Waals surface area contributed by atoms with Crippen LogP contribution in [0.3, 0.4) is 0 Å². The molecule has 0 aliphatic heterocycles. The quantitative estimate of drug-likeness (QED) is 0.625. The second-order valence-corrected chi connectivity index (χ2v) is 5.30. The van der Waals surface area contributed by atoms with Crippen LogP contribution in [0, 0.1) is 0 Å². The van der Waals surface area contributed by atoms with E-state index in [2.05, 4.69) is 38.2 Å². The van der Waals surface area contributed by atoms with Crippen molar-refractivity contribution in [1.29, 1.82) is 0 Å². The molecule has 20 heavy (non-hydrogen) atoms. The molecular weight excluding hydrogens is 250 g/mol. The van der Waals surface area contributed by atoms with E-state index >= 15 is 0 Å². The van der Waals surface area contributed by atoms with Gasteiger partial charge in [-0.1, -0.05) is 31.9 Å². The van der Waals surface area contributed by atoms with Crippen molar-refractivity contribution in [2.24, 2.45) is 0 Å². The molecule has 0 fully saturated rings. The van der Waals surface area contributed by atoms with Crippen molar-refractivity contribution in [2.75, 3.05) is 19.8 Å². The maximum atomic E-state index is 5.69. The average molecular weight is 279 g/mol. The van der Waals surface area contributed by atoms with Gasteiger partial charge in [-0.15, -0.1) is 0 Å². The van der Waals surface area contributed by atoms with Gasteiger partial charge in [0.15, 0.2) is 0 Å². The van der Waals surface area contributed by atoms with Crippen molar-refractivity contribution in [3.8, 4) is 5.75 Å². The standard InChI is InChI=1S/C17H29NO2/c1-4-5-6-12-20-17-9-7-16(8-10-17)14-18-11-13-19-15(2)3/h7-10,15,18H,4-6,11-14H2,1-3H3. The zero-order chi connectivity index (χ0) is 14.6. The minimum absolute atomic E-state index is 0.306. The van der Waals surface area contributed by atoms with E-state index in [0.29, 0.717) is 6.10 Å². The Hall–Kier alpha value is -1.06. The zero-order valence-electron chi connectivity index (χ0n) is 13.2. The topological polar surface area (TPSA) is 30.5 Å². The molecule has 0 bridgehead atoms. The van der Waals surface area contributed by atoms with Crippen LogP contribution in [0.25, 0.3) is 0 Å². The summed E-state index contributed by atoms with van der Waals surface area (Å²) in [6.45, 7) is 9.64. The SMILES string of the molecule is CCCCCOc1ccc(CNCCOC(C)C)cc1. The molecule has 3 nitrogen and oxygen atoms in total. The molecule has 0 unspecified atom stereocenters. The van der Waals surface area contributed by atoms with E-state index in [1.54, 1.807) is 0 Å². The molecule has 3 heteroatoms. The van der Waals surface area contributed by atoms with Gasteiger partial charge in [-0.3, -0.25) is 0 Å². The van der Waals surface area contributed by atoms with Crippen molar-refractivity contribution in [1.82, 2.24) is 5.32 Å².